The molecule has 1 heterocycles. The van der Waals surface area contributed by atoms with E-state index in [1.54, 1.807) is 0 Å². The summed E-state index contributed by atoms with van der Waals surface area (Å²) in [5.74, 6) is -2.88. The summed E-state index contributed by atoms with van der Waals surface area (Å²) < 4.78 is 27.7. The number of rotatable bonds is 6. The minimum absolute atomic E-state index is 0.0370. The van der Waals surface area contributed by atoms with Crippen molar-refractivity contribution in [3.63, 3.8) is 0 Å². The van der Waals surface area contributed by atoms with Crippen molar-refractivity contribution in [1.82, 2.24) is 15.5 Å². The molecule has 2 atom stereocenters. The monoisotopic (exact) mass is 401 g/mol. The molecule has 29 heavy (non-hydrogen) atoms. The second-order valence-electron chi connectivity index (χ2n) is 7.19. The molecule has 0 unspecified atom stereocenters. The lowest BCUT2D eigenvalue weighted by Gasteiger charge is -2.22. The molecule has 2 aromatic carbocycles. The van der Waals surface area contributed by atoms with E-state index < -0.39 is 41.6 Å². The van der Waals surface area contributed by atoms with Crippen LogP contribution in [-0.2, 0) is 15.1 Å². The van der Waals surface area contributed by atoms with Crippen LogP contribution in [0.15, 0.2) is 48.5 Å². The molecular formula is C21H21F2N3O3. The SMILES string of the molecule is C[C@H](CNC(=O)CN1C(=O)N[C@](C)(c2cc(F)ccc2F)C1=O)c1ccccc1. The average molecular weight is 401 g/mol. The van der Waals surface area contributed by atoms with Gasteiger partial charge in [0, 0.05) is 12.1 Å². The number of carbonyl (C=O) groups excluding carboxylic acids is 3. The first-order valence-corrected chi connectivity index (χ1v) is 9.13. The van der Waals surface area contributed by atoms with Crippen LogP contribution < -0.4 is 10.6 Å². The molecule has 1 aliphatic heterocycles. The number of urea groups is 1. The summed E-state index contributed by atoms with van der Waals surface area (Å²) in [6.07, 6.45) is 0. The number of nitrogens with one attached hydrogen (secondary N) is 2. The summed E-state index contributed by atoms with van der Waals surface area (Å²) in [6.45, 7) is 3.02. The Morgan fingerprint density at radius 3 is 2.55 bits per heavy atom. The van der Waals surface area contributed by atoms with Crippen molar-refractivity contribution in [3.05, 3.63) is 71.3 Å². The summed E-state index contributed by atoms with van der Waals surface area (Å²) in [6, 6.07) is 11.4. The summed E-state index contributed by atoms with van der Waals surface area (Å²) in [5.41, 5.74) is -1.05. The topological polar surface area (TPSA) is 78.5 Å². The summed E-state index contributed by atoms with van der Waals surface area (Å²) in [4.78, 5) is 38.0. The van der Waals surface area contributed by atoms with E-state index in [0.29, 0.717) is 11.4 Å². The Kier molecular flexibility index (Phi) is 5.63. The Bertz CT molecular complexity index is 951. The maximum Gasteiger partial charge on any atom is 0.325 e. The molecule has 1 saturated heterocycles. The van der Waals surface area contributed by atoms with Crippen LogP contribution >= 0.6 is 0 Å². The zero-order valence-electron chi connectivity index (χ0n) is 16.0. The van der Waals surface area contributed by atoms with E-state index in [2.05, 4.69) is 10.6 Å². The van der Waals surface area contributed by atoms with Crippen molar-refractivity contribution in [2.24, 2.45) is 0 Å². The van der Waals surface area contributed by atoms with Crippen LogP contribution in [0.1, 0.15) is 30.9 Å². The van der Waals surface area contributed by atoms with Gasteiger partial charge < -0.3 is 10.6 Å². The third-order valence-electron chi connectivity index (χ3n) is 5.02. The first-order valence-electron chi connectivity index (χ1n) is 9.13. The van der Waals surface area contributed by atoms with Gasteiger partial charge in [-0.25, -0.2) is 13.6 Å². The molecule has 4 amide bonds. The lowest BCUT2D eigenvalue weighted by molar-refractivity contribution is -0.134. The molecule has 0 radical (unpaired) electrons. The van der Waals surface area contributed by atoms with Crippen molar-refractivity contribution in [1.29, 1.82) is 0 Å². The smallest absolute Gasteiger partial charge is 0.325 e. The van der Waals surface area contributed by atoms with Gasteiger partial charge in [-0.3, -0.25) is 14.5 Å². The maximum absolute atomic E-state index is 14.2. The van der Waals surface area contributed by atoms with Crippen LogP contribution in [0.5, 0.6) is 0 Å². The van der Waals surface area contributed by atoms with Gasteiger partial charge in [-0.05, 0) is 36.6 Å². The minimum atomic E-state index is -1.79. The van der Waals surface area contributed by atoms with Gasteiger partial charge in [0.15, 0.2) is 0 Å². The van der Waals surface area contributed by atoms with Gasteiger partial charge in [0.05, 0.1) is 0 Å². The van der Waals surface area contributed by atoms with Crippen LogP contribution in [0.4, 0.5) is 13.6 Å². The highest BCUT2D eigenvalue weighted by atomic mass is 19.1. The lowest BCUT2D eigenvalue weighted by Crippen LogP contribution is -2.44. The third-order valence-corrected chi connectivity index (χ3v) is 5.02. The van der Waals surface area contributed by atoms with Crippen molar-refractivity contribution >= 4 is 17.8 Å². The molecule has 1 fully saturated rings. The molecule has 0 bridgehead atoms. The number of carbonyl (C=O) groups is 3. The number of hydrogen-bond acceptors (Lipinski definition) is 3. The van der Waals surface area contributed by atoms with E-state index >= 15 is 0 Å². The van der Waals surface area contributed by atoms with Gasteiger partial charge in [-0.15, -0.1) is 0 Å². The fourth-order valence-electron chi connectivity index (χ4n) is 3.27. The number of benzene rings is 2. The van der Waals surface area contributed by atoms with Crippen molar-refractivity contribution < 1.29 is 23.2 Å². The van der Waals surface area contributed by atoms with Crippen molar-refractivity contribution in [2.75, 3.05) is 13.1 Å². The predicted octanol–water partition coefficient (Wildman–Crippen LogP) is 2.65. The Morgan fingerprint density at radius 1 is 1.17 bits per heavy atom. The largest absolute Gasteiger partial charge is 0.354 e. The molecule has 6 nitrogen and oxygen atoms in total. The molecule has 8 heteroatoms. The number of imide groups is 1. The number of hydrogen-bond donors (Lipinski definition) is 2. The molecule has 152 valence electrons. The van der Waals surface area contributed by atoms with Gasteiger partial charge in [0.2, 0.25) is 5.91 Å². The Morgan fingerprint density at radius 2 is 1.86 bits per heavy atom. The van der Waals surface area contributed by atoms with E-state index in [9.17, 15) is 23.2 Å². The number of nitrogens with zero attached hydrogens (tertiary/aromatic N) is 1. The number of amides is 4. The standard InChI is InChI=1S/C21H21F2N3O3/c1-13(14-6-4-3-5-7-14)11-24-18(27)12-26-19(28)21(2,25-20(26)29)16-10-15(22)8-9-17(16)23/h3-10,13H,11-12H2,1-2H3,(H,24,27)(H,25,29)/t13-,21-/m1/s1. The Hall–Kier alpha value is -3.29. The van der Waals surface area contributed by atoms with Gasteiger partial charge in [0.1, 0.15) is 23.7 Å². The van der Waals surface area contributed by atoms with Crippen LogP contribution in [0.3, 0.4) is 0 Å². The highest BCUT2D eigenvalue weighted by molar-refractivity contribution is 6.09. The summed E-state index contributed by atoms with van der Waals surface area (Å²) in [5, 5.41) is 5.05. The average Bonchev–Trinajstić information content (AvgIpc) is 2.92. The number of halogens is 2. The Balaban J connectivity index is 1.67. The van der Waals surface area contributed by atoms with E-state index in [-0.39, 0.29) is 11.5 Å². The predicted molar refractivity (Wildman–Crippen MR) is 102 cm³/mol. The van der Waals surface area contributed by atoms with Crippen molar-refractivity contribution in [2.45, 2.75) is 25.3 Å². The maximum atomic E-state index is 14.2. The first-order chi connectivity index (χ1) is 13.7. The van der Waals surface area contributed by atoms with Crippen LogP contribution in [0.2, 0.25) is 0 Å². The van der Waals surface area contributed by atoms with E-state index in [0.717, 1.165) is 23.8 Å². The third kappa shape index (κ3) is 4.11. The van der Waals surface area contributed by atoms with Gasteiger partial charge in [-0.2, -0.15) is 0 Å². The van der Waals surface area contributed by atoms with Crippen LogP contribution in [0, 0.1) is 11.6 Å². The molecule has 3 rings (SSSR count). The molecular weight excluding hydrogens is 380 g/mol. The van der Waals surface area contributed by atoms with Gasteiger partial charge >= 0.3 is 6.03 Å². The highest BCUT2D eigenvalue weighted by Gasteiger charge is 2.50. The fourth-order valence-corrected chi connectivity index (χ4v) is 3.27. The molecule has 1 aliphatic rings. The molecule has 2 N–H and O–H groups in total. The first kappa shape index (κ1) is 20.4. The minimum Gasteiger partial charge on any atom is -0.354 e. The second kappa shape index (κ2) is 7.98. The Labute approximate surface area is 166 Å². The molecule has 0 saturated carbocycles. The molecule has 0 spiro atoms. The van der Waals surface area contributed by atoms with Crippen LogP contribution in [-0.4, -0.2) is 35.8 Å². The second-order valence-corrected chi connectivity index (χ2v) is 7.19. The summed E-state index contributed by atoms with van der Waals surface area (Å²) in [7, 11) is 0. The molecule has 0 aromatic heterocycles. The van der Waals surface area contributed by atoms with E-state index in [1.165, 1.54) is 6.92 Å². The highest BCUT2D eigenvalue weighted by Crippen LogP contribution is 2.31. The van der Waals surface area contributed by atoms with E-state index in [1.807, 2.05) is 37.3 Å². The van der Waals surface area contributed by atoms with E-state index in [4.69, 9.17) is 0 Å². The molecule has 0 aliphatic carbocycles. The summed E-state index contributed by atoms with van der Waals surface area (Å²) >= 11 is 0. The molecule has 2 aromatic rings. The zero-order chi connectivity index (χ0) is 21.2. The van der Waals surface area contributed by atoms with Crippen LogP contribution in [0.25, 0.3) is 0 Å². The van der Waals surface area contributed by atoms with Gasteiger partial charge in [-0.1, -0.05) is 37.3 Å². The fraction of sp³-hybridized carbons (Fsp3) is 0.286. The lowest BCUT2D eigenvalue weighted by atomic mass is 9.91. The normalized spacial score (nSPS) is 19.8. The van der Waals surface area contributed by atoms with Crippen molar-refractivity contribution in [3.8, 4) is 0 Å². The van der Waals surface area contributed by atoms with Gasteiger partial charge in [0.25, 0.3) is 5.91 Å². The zero-order valence-corrected chi connectivity index (χ0v) is 16.0. The quantitative estimate of drug-likeness (QED) is 0.731.